The minimum absolute atomic E-state index is 0. The Hall–Kier alpha value is -2.68. The van der Waals surface area contributed by atoms with Crippen molar-refractivity contribution in [2.24, 2.45) is 5.92 Å². The third-order valence-corrected chi connectivity index (χ3v) is 5.76. The van der Waals surface area contributed by atoms with Crippen molar-refractivity contribution in [3.8, 4) is 11.4 Å². The molecule has 3 aromatic heterocycles. The molecule has 28 heavy (non-hydrogen) atoms. The number of hydrogen-bond donors (Lipinski definition) is 2. The van der Waals surface area contributed by atoms with Gasteiger partial charge < -0.3 is 10.2 Å². The topological polar surface area (TPSA) is 69.7 Å². The lowest BCUT2D eigenvalue weighted by atomic mass is 9.84. The van der Waals surface area contributed by atoms with Gasteiger partial charge in [0, 0.05) is 27.0 Å². The number of alkyl halides is 3. The van der Waals surface area contributed by atoms with Gasteiger partial charge in [-0.2, -0.15) is 18.3 Å². The number of rotatable bonds is 3. The van der Waals surface area contributed by atoms with Crippen LogP contribution in [-0.2, 0) is 6.18 Å². The maximum Gasteiger partial charge on any atom is 0.418 e. The van der Waals surface area contributed by atoms with Gasteiger partial charge in [0.1, 0.15) is 11.5 Å². The number of halogens is 3. The molecule has 2 N–H and O–H groups in total. The van der Waals surface area contributed by atoms with Crippen molar-refractivity contribution in [3.63, 3.8) is 0 Å². The summed E-state index contributed by atoms with van der Waals surface area (Å²) >= 11 is 0. The Morgan fingerprint density at radius 1 is 1.18 bits per heavy atom. The highest BCUT2D eigenvalue weighted by atomic mass is 19.4. The number of nitrogens with one attached hydrogen (secondary N) is 2. The SMILES string of the molecule is FC(F)(F)c1ccc(NC2CN3CCC2CC3)nc1-c1[nH]nc2ncccc12.[HH].[HH]. The molecule has 3 aliphatic rings. The first kappa shape index (κ1) is 17.4. The monoisotopic (exact) mass is 392 g/mol. The summed E-state index contributed by atoms with van der Waals surface area (Å²) in [6.45, 7) is 3.10. The third kappa shape index (κ3) is 2.99. The number of aromatic nitrogens is 4. The third-order valence-electron chi connectivity index (χ3n) is 5.76. The van der Waals surface area contributed by atoms with Crippen LogP contribution >= 0.6 is 0 Å². The maximum atomic E-state index is 13.6. The van der Waals surface area contributed by atoms with E-state index >= 15 is 0 Å². The molecule has 6 heterocycles. The van der Waals surface area contributed by atoms with Crippen molar-refractivity contribution < 1.29 is 16.0 Å². The molecule has 3 fully saturated rings. The van der Waals surface area contributed by atoms with Crippen LogP contribution in [0.5, 0.6) is 0 Å². The zero-order chi connectivity index (χ0) is 19.3. The predicted molar refractivity (Wildman–Crippen MR) is 103 cm³/mol. The largest absolute Gasteiger partial charge is 0.418 e. The van der Waals surface area contributed by atoms with E-state index in [1.165, 1.54) is 6.07 Å². The first-order chi connectivity index (χ1) is 13.5. The summed E-state index contributed by atoms with van der Waals surface area (Å²) < 4.78 is 40.9. The molecule has 0 aliphatic carbocycles. The Balaban J connectivity index is 0.00000128. The van der Waals surface area contributed by atoms with Crippen LogP contribution in [-0.4, -0.2) is 50.7 Å². The molecule has 6 rings (SSSR count). The van der Waals surface area contributed by atoms with E-state index in [0.717, 1.165) is 38.5 Å². The van der Waals surface area contributed by atoms with E-state index in [0.29, 0.717) is 22.8 Å². The van der Waals surface area contributed by atoms with Crippen molar-refractivity contribution in [1.82, 2.24) is 25.1 Å². The summed E-state index contributed by atoms with van der Waals surface area (Å²) in [6.07, 6.45) is -0.739. The fraction of sp³-hybridized carbons (Fsp3) is 0.421. The van der Waals surface area contributed by atoms with Crippen LogP contribution in [0.4, 0.5) is 19.0 Å². The molecule has 3 aromatic rings. The second-order valence-corrected chi connectivity index (χ2v) is 7.45. The molecule has 150 valence electrons. The van der Waals surface area contributed by atoms with E-state index in [2.05, 4.69) is 30.4 Å². The number of pyridine rings is 2. The Kier molecular flexibility index (Phi) is 4.01. The van der Waals surface area contributed by atoms with Gasteiger partial charge in [-0.05, 0) is 56.1 Å². The van der Waals surface area contributed by atoms with Crippen LogP contribution in [0.2, 0.25) is 0 Å². The molecule has 6 nitrogen and oxygen atoms in total. The molecule has 9 heteroatoms. The summed E-state index contributed by atoms with van der Waals surface area (Å²) in [4.78, 5) is 10.8. The molecule has 1 unspecified atom stereocenters. The highest BCUT2D eigenvalue weighted by Crippen LogP contribution is 2.38. The van der Waals surface area contributed by atoms with Gasteiger partial charge in [-0.15, -0.1) is 0 Å². The standard InChI is InChI=1S/C19H19F3N6.2H2/c20-19(21,22)13-3-4-15(24-14-10-28-8-5-11(14)6-9-28)25-17(13)16-12-2-1-7-23-18(12)27-26-16;;/h1-4,7,11,14H,5-6,8-10H2,(H,24,25)(H,23,26,27);2*1H. The highest BCUT2D eigenvalue weighted by molar-refractivity contribution is 5.90. The van der Waals surface area contributed by atoms with Crippen LogP contribution in [0.15, 0.2) is 30.5 Å². The van der Waals surface area contributed by atoms with Crippen molar-refractivity contribution in [2.75, 3.05) is 25.0 Å². The average Bonchev–Trinajstić information content (AvgIpc) is 3.12. The Morgan fingerprint density at radius 3 is 2.71 bits per heavy atom. The first-order valence-electron chi connectivity index (χ1n) is 9.35. The Labute approximate surface area is 162 Å². The van der Waals surface area contributed by atoms with Crippen LogP contribution in [0.3, 0.4) is 0 Å². The molecule has 0 saturated carbocycles. The van der Waals surface area contributed by atoms with Gasteiger partial charge in [0.2, 0.25) is 0 Å². The van der Waals surface area contributed by atoms with Crippen LogP contribution < -0.4 is 5.32 Å². The Bertz CT molecular complexity index is 1020. The van der Waals surface area contributed by atoms with E-state index < -0.39 is 11.7 Å². The van der Waals surface area contributed by atoms with Crippen LogP contribution in [0, 0.1) is 5.92 Å². The predicted octanol–water partition coefficient (Wildman–Crippen LogP) is 4.04. The van der Waals surface area contributed by atoms with E-state index in [-0.39, 0.29) is 20.3 Å². The summed E-state index contributed by atoms with van der Waals surface area (Å²) in [7, 11) is 0. The number of H-pyrrole nitrogens is 1. The average molecular weight is 392 g/mol. The van der Waals surface area contributed by atoms with Gasteiger partial charge in [0.05, 0.1) is 11.3 Å². The molecule has 3 aliphatic heterocycles. The second kappa shape index (κ2) is 6.44. The zero-order valence-electron chi connectivity index (χ0n) is 15.0. The Morgan fingerprint density at radius 2 is 2.00 bits per heavy atom. The van der Waals surface area contributed by atoms with Gasteiger partial charge in [0.15, 0.2) is 5.65 Å². The quantitative estimate of drug-likeness (QED) is 0.704. The highest BCUT2D eigenvalue weighted by Gasteiger charge is 2.37. The lowest BCUT2D eigenvalue weighted by molar-refractivity contribution is -0.137. The van der Waals surface area contributed by atoms with Crippen LogP contribution in [0.25, 0.3) is 22.4 Å². The van der Waals surface area contributed by atoms with E-state index in [1.807, 2.05) is 0 Å². The van der Waals surface area contributed by atoms with Gasteiger partial charge >= 0.3 is 6.18 Å². The van der Waals surface area contributed by atoms with Crippen molar-refractivity contribution in [1.29, 1.82) is 0 Å². The van der Waals surface area contributed by atoms with Gasteiger partial charge in [-0.3, -0.25) is 5.10 Å². The summed E-state index contributed by atoms with van der Waals surface area (Å²) in [5.74, 6) is 0.989. The van der Waals surface area contributed by atoms with Gasteiger partial charge in [-0.1, -0.05) is 0 Å². The van der Waals surface area contributed by atoms with Gasteiger partial charge in [0.25, 0.3) is 0 Å². The smallest absolute Gasteiger partial charge is 0.366 e. The fourth-order valence-corrected chi connectivity index (χ4v) is 4.31. The van der Waals surface area contributed by atoms with Gasteiger partial charge in [-0.25, -0.2) is 9.97 Å². The molecular weight excluding hydrogens is 369 g/mol. The molecule has 0 aromatic carbocycles. The fourth-order valence-electron chi connectivity index (χ4n) is 4.31. The zero-order valence-corrected chi connectivity index (χ0v) is 15.0. The molecule has 0 radical (unpaired) electrons. The van der Waals surface area contributed by atoms with Crippen molar-refractivity contribution >= 4 is 16.9 Å². The van der Waals surface area contributed by atoms with E-state index in [9.17, 15) is 13.2 Å². The molecule has 0 spiro atoms. The number of aromatic amines is 1. The van der Waals surface area contributed by atoms with Crippen molar-refractivity contribution in [3.05, 3.63) is 36.0 Å². The lowest BCUT2D eigenvalue weighted by Crippen LogP contribution is -2.53. The van der Waals surface area contributed by atoms with E-state index in [1.54, 1.807) is 18.3 Å². The number of hydrogen-bond acceptors (Lipinski definition) is 5. The van der Waals surface area contributed by atoms with E-state index in [4.69, 9.17) is 0 Å². The molecule has 3 saturated heterocycles. The number of anilines is 1. The first-order valence-corrected chi connectivity index (χ1v) is 9.35. The molecular formula is C19H23F3N6. The molecule has 1 atom stereocenters. The summed E-state index contributed by atoms with van der Waals surface area (Å²) in [6, 6.07) is 6.08. The molecule has 0 amide bonds. The molecule has 2 bridgehead atoms. The number of nitrogens with zero attached hydrogens (tertiary/aromatic N) is 4. The minimum Gasteiger partial charge on any atom is -0.366 e. The maximum absolute atomic E-state index is 13.6. The normalized spacial score (nSPS) is 24.6. The number of fused-ring (bicyclic) bond motifs is 4. The van der Waals surface area contributed by atoms with Crippen LogP contribution in [0.1, 0.15) is 21.3 Å². The lowest BCUT2D eigenvalue weighted by Gasteiger charge is -2.45. The number of piperidine rings is 3. The summed E-state index contributed by atoms with van der Waals surface area (Å²) in [5.41, 5.74) is -0.355. The van der Waals surface area contributed by atoms with Crippen molar-refractivity contribution in [2.45, 2.75) is 25.1 Å². The summed E-state index contributed by atoms with van der Waals surface area (Å²) in [5, 5.41) is 10.6. The second-order valence-electron chi connectivity index (χ2n) is 7.45. The minimum atomic E-state index is -4.52.